The van der Waals surface area contributed by atoms with Crippen molar-refractivity contribution in [2.24, 2.45) is 7.05 Å². The molecule has 0 aliphatic rings. The molecule has 14 heavy (non-hydrogen) atoms. The maximum atomic E-state index is 4.45. The van der Waals surface area contributed by atoms with E-state index in [1.54, 1.807) is 6.20 Å². The standard InChI is InChI=1S/C10H10IN3/c1-7-9(11)10(13-14(7)2)8-4-3-5-12-6-8/h3-6H,1-2H3. The van der Waals surface area contributed by atoms with E-state index in [2.05, 4.69) is 39.6 Å². The van der Waals surface area contributed by atoms with Gasteiger partial charge in [-0.3, -0.25) is 9.67 Å². The second kappa shape index (κ2) is 3.68. The summed E-state index contributed by atoms with van der Waals surface area (Å²) in [5.41, 5.74) is 3.27. The van der Waals surface area contributed by atoms with Crippen molar-refractivity contribution in [1.82, 2.24) is 14.8 Å². The second-order valence-corrected chi connectivity index (χ2v) is 4.19. The number of rotatable bonds is 1. The van der Waals surface area contributed by atoms with Crippen LogP contribution in [0.4, 0.5) is 0 Å². The van der Waals surface area contributed by atoms with E-state index in [0.717, 1.165) is 11.3 Å². The number of nitrogens with zero attached hydrogens (tertiary/aromatic N) is 3. The van der Waals surface area contributed by atoms with Crippen LogP contribution >= 0.6 is 22.6 Å². The smallest absolute Gasteiger partial charge is 0.107 e. The molecule has 0 amide bonds. The highest BCUT2D eigenvalue weighted by Gasteiger charge is 2.11. The summed E-state index contributed by atoms with van der Waals surface area (Å²) in [4.78, 5) is 4.09. The Morgan fingerprint density at radius 3 is 2.71 bits per heavy atom. The normalized spacial score (nSPS) is 10.5. The molecule has 0 radical (unpaired) electrons. The van der Waals surface area contributed by atoms with Crippen LogP contribution < -0.4 is 0 Å². The van der Waals surface area contributed by atoms with E-state index in [4.69, 9.17) is 0 Å². The van der Waals surface area contributed by atoms with Crippen LogP contribution in [0.3, 0.4) is 0 Å². The largest absolute Gasteiger partial charge is 0.271 e. The molecule has 0 aliphatic heterocycles. The molecule has 2 aromatic heterocycles. The number of hydrogen-bond acceptors (Lipinski definition) is 2. The van der Waals surface area contributed by atoms with Gasteiger partial charge in [0.2, 0.25) is 0 Å². The van der Waals surface area contributed by atoms with Crippen molar-refractivity contribution in [3.8, 4) is 11.3 Å². The van der Waals surface area contributed by atoms with Gasteiger partial charge in [0.05, 0.1) is 3.57 Å². The number of aromatic nitrogens is 3. The molecule has 0 unspecified atom stereocenters. The Hall–Kier alpha value is -0.910. The van der Waals surface area contributed by atoms with Gasteiger partial charge in [-0.15, -0.1) is 0 Å². The van der Waals surface area contributed by atoms with Crippen LogP contribution in [-0.4, -0.2) is 14.8 Å². The molecule has 0 aromatic carbocycles. The van der Waals surface area contributed by atoms with E-state index >= 15 is 0 Å². The lowest BCUT2D eigenvalue weighted by Crippen LogP contribution is -1.92. The molecule has 2 rings (SSSR count). The predicted molar refractivity (Wildman–Crippen MR) is 63.9 cm³/mol. The molecule has 0 N–H and O–H groups in total. The molecule has 0 saturated heterocycles. The minimum Gasteiger partial charge on any atom is -0.271 e. The highest BCUT2D eigenvalue weighted by Crippen LogP contribution is 2.25. The Morgan fingerprint density at radius 1 is 1.43 bits per heavy atom. The quantitative estimate of drug-likeness (QED) is 0.757. The van der Waals surface area contributed by atoms with Crippen LogP contribution in [-0.2, 0) is 7.05 Å². The van der Waals surface area contributed by atoms with E-state index < -0.39 is 0 Å². The van der Waals surface area contributed by atoms with Gasteiger partial charge in [-0.05, 0) is 41.6 Å². The van der Waals surface area contributed by atoms with Gasteiger partial charge in [-0.25, -0.2) is 0 Å². The van der Waals surface area contributed by atoms with Crippen LogP contribution in [0, 0.1) is 10.5 Å². The van der Waals surface area contributed by atoms with Gasteiger partial charge < -0.3 is 0 Å². The van der Waals surface area contributed by atoms with Crippen molar-refractivity contribution in [2.45, 2.75) is 6.92 Å². The van der Waals surface area contributed by atoms with Crippen molar-refractivity contribution in [1.29, 1.82) is 0 Å². The molecule has 3 nitrogen and oxygen atoms in total. The zero-order valence-corrected chi connectivity index (χ0v) is 10.2. The first kappa shape index (κ1) is 9.64. The number of hydrogen-bond donors (Lipinski definition) is 0. The second-order valence-electron chi connectivity index (χ2n) is 3.11. The molecular formula is C10H10IN3. The first-order valence-electron chi connectivity index (χ1n) is 4.29. The SMILES string of the molecule is Cc1c(I)c(-c2cccnc2)nn1C. The molecule has 0 spiro atoms. The Labute approximate surface area is 96.3 Å². The van der Waals surface area contributed by atoms with Crippen LogP contribution in [0.5, 0.6) is 0 Å². The van der Waals surface area contributed by atoms with Gasteiger partial charge >= 0.3 is 0 Å². The molecule has 2 aromatic rings. The number of aryl methyl sites for hydroxylation is 1. The molecule has 0 aliphatic carbocycles. The average molecular weight is 299 g/mol. The Balaban J connectivity index is 2.58. The van der Waals surface area contributed by atoms with Gasteiger partial charge in [0, 0.05) is 30.7 Å². The maximum Gasteiger partial charge on any atom is 0.107 e. The van der Waals surface area contributed by atoms with E-state index in [1.807, 2.05) is 30.1 Å². The highest BCUT2D eigenvalue weighted by molar-refractivity contribution is 14.1. The fourth-order valence-electron chi connectivity index (χ4n) is 1.27. The summed E-state index contributed by atoms with van der Waals surface area (Å²) in [7, 11) is 1.96. The molecule has 2 heterocycles. The Bertz CT molecular complexity index is 448. The molecule has 4 heteroatoms. The summed E-state index contributed by atoms with van der Waals surface area (Å²) in [6.45, 7) is 2.06. The fourth-order valence-corrected chi connectivity index (χ4v) is 2.04. The van der Waals surface area contributed by atoms with Crippen molar-refractivity contribution in [3.63, 3.8) is 0 Å². The number of halogens is 1. The Kier molecular flexibility index (Phi) is 2.54. The first-order chi connectivity index (χ1) is 6.70. The molecule has 72 valence electrons. The van der Waals surface area contributed by atoms with Gasteiger partial charge in [-0.2, -0.15) is 5.10 Å². The van der Waals surface area contributed by atoms with Crippen molar-refractivity contribution < 1.29 is 0 Å². The summed E-state index contributed by atoms with van der Waals surface area (Å²) in [5, 5.41) is 4.45. The highest BCUT2D eigenvalue weighted by atomic mass is 127. The van der Waals surface area contributed by atoms with E-state index in [1.165, 1.54) is 9.26 Å². The lowest BCUT2D eigenvalue weighted by molar-refractivity contribution is 0.742. The van der Waals surface area contributed by atoms with Gasteiger partial charge in [-0.1, -0.05) is 0 Å². The van der Waals surface area contributed by atoms with Crippen LogP contribution in [0.25, 0.3) is 11.3 Å². The predicted octanol–water partition coefficient (Wildman–Crippen LogP) is 2.40. The zero-order chi connectivity index (χ0) is 10.1. The summed E-state index contributed by atoms with van der Waals surface area (Å²) in [6, 6.07) is 3.95. The number of pyridine rings is 1. The zero-order valence-electron chi connectivity index (χ0n) is 8.03. The summed E-state index contributed by atoms with van der Waals surface area (Å²) in [6.07, 6.45) is 3.61. The lowest BCUT2D eigenvalue weighted by atomic mass is 10.2. The summed E-state index contributed by atoms with van der Waals surface area (Å²) in [5.74, 6) is 0. The fraction of sp³-hybridized carbons (Fsp3) is 0.200. The van der Waals surface area contributed by atoms with E-state index in [9.17, 15) is 0 Å². The van der Waals surface area contributed by atoms with Crippen molar-refractivity contribution in [3.05, 3.63) is 33.8 Å². The van der Waals surface area contributed by atoms with Crippen LogP contribution in [0.1, 0.15) is 5.69 Å². The third-order valence-corrected chi connectivity index (χ3v) is 3.49. The van der Waals surface area contributed by atoms with Gasteiger partial charge in [0.15, 0.2) is 0 Å². The minimum absolute atomic E-state index is 1.01. The minimum atomic E-state index is 1.01. The third-order valence-electron chi connectivity index (χ3n) is 2.20. The van der Waals surface area contributed by atoms with Gasteiger partial charge in [0.1, 0.15) is 5.69 Å². The van der Waals surface area contributed by atoms with E-state index in [-0.39, 0.29) is 0 Å². The van der Waals surface area contributed by atoms with Crippen LogP contribution in [0.2, 0.25) is 0 Å². The van der Waals surface area contributed by atoms with Gasteiger partial charge in [0.25, 0.3) is 0 Å². The van der Waals surface area contributed by atoms with Crippen LogP contribution in [0.15, 0.2) is 24.5 Å². The molecule has 0 fully saturated rings. The first-order valence-corrected chi connectivity index (χ1v) is 5.37. The van der Waals surface area contributed by atoms with Crippen molar-refractivity contribution >= 4 is 22.6 Å². The average Bonchev–Trinajstić information content (AvgIpc) is 2.47. The molecule has 0 saturated carbocycles. The molecular weight excluding hydrogens is 289 g/mol. The maximum absolute atomic E-state index is 4.45. The van der Waals surface area contributed by atoms with Crippen molar-refractivity contribution in [2.75, 3.05) is 0 Å². The monoisotopic (exact) mass is 299 g/mol. The molecule has 0 bridgehead atoms. The molecule has 0 atom stereocenters. The summed E-state index contributed by atoms with van der Waals surface area (Å²) >= 11 is 2.32. The third kappa shape index (κ3) is 1.54. The Morgan fingerprint density at radius 2 is 2.21 bits per heavy atom. The summed E-state index contributed by atoms with van der Waals surface area (Å²) < 4.78 is 3.09. The van der Waals surface area contributed by atoms with E-state index in [0.29, 0.717) is 0 Å². The lowest BCUT2D eigenvalue weighted by Gasteiger charge is -1.94. The topological polar surface area (TPSA) is 30.7 Å².